The van der Waals surface area contributed by atoms with Crippen LogP contribution in [-0.4, -0.2) is 17.7 Å². The second kappa shape index (κ2) is 5.47. The first-order chi connectivity index (χ1) is 11.5. The van der Waals surface area contributed by atoms with E-state index in [9.17, 15) is 14.4 Å². The second-order valence-electron chi connectivity index (χ2n) is 7.69. The Labute approximate surface area is 140 Å². The largest absolute Gasteiger partial charge is 0.492 e. The topological polar surface area (TPSA) is 70.3 Å². The van der Waals surface area contributed by atoms with Gasteiger partial charge in [-0.25, -0.2) is 9.18 Å². The van der Waals surface area contributed by atoms with Crippen molar-refractivity contribution in [3.05, 3.63) is 29.6 Å². The first-order valence-electron chi connectivity index (χ1n) is 8.58. The fourth-order valence-corrected chi connectivity index (χ4v) is 5.44. The number of hydrogen-bond donors (Lipinski definition) is 1. The van der Waals surface area contributed by atoms with Crippen LogP contribution in [0.15, 0.2) is 18.2 Å². The maximum absolute atomic E-state index is 13.8. The monoisotopic (exact) mass is 329 g/mol. The van der Waals surface area contributed by atoms with Crippen molar-refractivity contribution >= 4 is 5.97 Å². The fourth-order valence-electron chi connectivity index (χ4n) is 5.44. The number of aromatic carboxylic acids is 1. The summed E-state index contributed by atoms with van der Waals surface area (Å²) in [6.45, 7) is 0.268. The van der Waals surface area contributed by atoms with Crippen LogP contribution >= 0.6 is 0 Å². The average Bonchev–Trinajstić information content (AvgIpc) is 2.54. The third-order valence-electron chi connectivity index (χ3n) is 6.45. The Morgan fingerprint density at radius 1 is 1.25 bits per heavy atom. The van der Waals surface area contributed by atoms with Crippen LogP contribution in [0.25, 0.3) is 0 Å². The number of carboxylic acids is 1. The van der Waals surface area contributed by atoms with Gasteiger partial charge in [-0.2, -0.15) is 5.26 Å². The molecule has 0 aromatic heterocycles. The maximum Gasteiger partial charge on any atom is 0.338 e. The minimum Gasteiger partial charge on any atom is -0.492 e. The molecule has 0 amide bonds. The minimum absolute atomic E-state index is 0.268. The van der Waals surface area contributed by atoms with E-state index >= 15 is 0 Å². The van der Waals surface area contributed by atoms with Crippen LogP contribution in [0.2, 0.25) is 0 Å². The number of ether oxygens (including phenoxy) is 1. The van der Waals surface area contributed by atoms with Gasteiger partial charge in [-0.05, 0) is 67.9 Å². The maximum atomic E-state index is 13.8. The molecule has 4 aliphatic carbocycles. The molecule has 0 aliphatic heterocycles. The molecule has 0 spiro atoms. The van der Waals surface area contributed by atoms with Crippen LogP contribution in [0.5, 0.6) is 5.75 Å². The Morgan fingerprint density at radius 3 is 2.38 bits per heavy atom. The molecule has 5 heteroatoms. The van der Waals surface area contributed by atoms with Crippen molar-refractivity contribution in [3.8, 4) is 11.8 Å². The summed E-state index contributed by atoms with van der Waals surface area (Å²) in [7, 11) is 0. The molecule has 0 saturated heterocycles. The Hall–Kier alpha value is -2.09. The van der Waals surface area contributed by atoms with Gasteiger partial charge in [-0.15, -0.1) is 0 Å². The molecule has 0 radical (unpaired) electrons. The van der Waals surface area contributed by atoms with Gasteiger partial charge in [0, 0.05) is 6.07 Å². The highest BCUT2D eigenvalue weighted by molar-refractivity contribution is 5.88. The molecule has 4 nitrogen and oxygen atoms in total. The van der Waals surface area contributed by atoms with Crippen LogP contribution in [0.1, 0.15) is 42.5 Å². The van der Waals surface area contributed by atoms with Crippen molar-refractivity contribution in [2.45, 2.75) is 32.1 Å². The van der Waals surface area contributed by atoms with E-state index in [1.54, 1.807) is 0 Å². The standard InChI is InChI=1S/C19H20FNO3/c20-17-8-15(1-2-16(17)18(22)23)24-10-19(9-21)13-4-11-3-12(6-13)7-14(19)5-11/h1-2,8,11-14H,3-7,10H2,(H,22,23). The molecule has 1 aromatic carbocycles. The summed E-state index contributed by atoms with van der Waals surface area (Å²) in [6, 6.07) is 6.34. The third kappa shape index (κ3) is 2.28. The van der Waals surface area contributed by atoms with E-state index in [2.05, 4.69) is 6.07 Å². The van der Waals surface area contributed by atoms with E-state index in [0.717, 1.165) is 43.6 Å². The van der Waals surface area contributed by atoms with E-state index in [1.165, 1.54) is 18.6 Å². The molecule has 24 heavy (non-hydrogen) atoms. The number of rotatable bonds is 4. The lowest BCUT2D eigenvalue weighted by molar-refractivity contribution is -0.0942. The van der Waals surface area contributed by atoms with Gasteiger partial charge in [0.1, 0.15) is 18.2 Å². The summed E-state index contributed by atoms with van der Waals surface area (Å²) in [5, 5.41) is 18.8. The molecule has 1 N–H and O–H groups in total. The summed E-state index contributed by atoms with van der Waals surface area (Å²) in [5.74, 6) is 0.469. The molecular weight excluding hydrogens is 309 g/mol. The summed E-state index contributed by atoms with van der Waals surface area (Å²) in [4.78, 5) is 10.9. The molecule has 1 aromatic rings. The zero-order valence-electron chi connectivity index (χ0n) is 13.4. The van der Waals surface area contributed by atoms with Gasteiger partial charge in [0.15, 0.2) is 0 Å². The van der Waals surface area contributed by atoms with Crippen molar-refractivity contribution in [1.82, 2.24) is 0 Å². The van der Waals surface area contributed by atoms with E-state index in [1.807, 2.05) is 0 Å². The molecule has 0 heterocycles. The van der Waals surface area contributed by atoms with Crippen LogP contribution in [0.4, 0.5) is 4.39 Å². The molecular formula is C19H20FNO3. The Kier molecular flexibility index (Phi) is 3.52. The van der Waals surface area contributed by atoms with Crippen molar-refractivity contribution < 1.29 is 19.0 Å². The number of halogens is 1. The molecule has 4 bridgehead atoms. The lowest BCUT2D eigenvalue weighted by Gasteiger charge is -2.58. The molecule has 126 valence electrons. The number of benzene rings is 1. The molecule has 4 saturated carbocycles. The normalized spacial score (nSPS) is 36.3. The Morgan fingerprint density at radius 2 is 1.88 bits per heavy atom. The summed E-state index contributed by atoms with van der Waals surface area (Å²) >= 11 is 0. The first-order valence-corrected chi connectivity index (χ1v) is 8.58. The van der Waals surface area contributed by atoms with Crippen molar-refractivity contribution in [2.24, 2.45) is 29.1 Å². The van der Waals surface area contributed by atoms with Crippen LogP contribution < -0.4 is 4.74 Å². The second-order valence-corrected chi connectivity index (χ2v) is 7.69. The van der Waals surface area contributed by atoms with Gasteiger partial charge in [0.05, 0.1) is 17.0 Å². The quantitative estimate of drug-likeness (QED) is 0.910. The number of carboxylic acid groups (broad SMARTS) is 1. The van der Waals surface area contributed by atoms with Gasteiger partial charge >= 0.3 is 5.97 Å². The van der Waals surface area contributed by atoms with Crippen LogP contribution in [0, 0.1) is 46.2 Å². The number of nitrogens with zero attached hydrogens (tertiary/aromatic N) is 1. The van der Waals surface area contributed by atoms with E-state index in [4.69, 9.17) is 9.84 Å². The van der Waals surface area contributed by atoms with E-state index in [0.29, 0.717) is 17.6 Å². The zero-order chi connectivity index (χ0) is 16.9. The molecule has 0 atom stereocenters. The van der Waals surface area contributed by atoms with Gasteiger partial charge in [0.2, 0.25) is 0 Å². The van der Waals surface area contributed by atoms with Crippen molar-refractivity contribution in [3.63, 3.8) is 0 Å². The third-order valence-corrected chi connectivity index (χ3v) is 6.45. The predicted octanol–water partition coefficient (Wildman–Crippen LogP) is 3.87. The lowest BCUT2D eigenvalue weighted by atomic mass is 9.46. The summed E-state index contributed by atoms with van der Waals surface area (Å²) in [5.41, 5.74) is -0.845. The SMILES string of the molecule is N#CC1(COc2ccc(C(=O)O)c(F)c2)C2CC3CC(C2)CC1C3. The first kappa shape index (κ1) is 15.4. The van der Waals surface area contributed by atoms with E-state index < -0.39 is 17.2 Å². The highest BCUT2D eigenvalue weighted by Crippen LogP contribution is 2.62. The number of hydrogen-bond acceptors (Lipinski definition) is 3. The summed E-state index contributed by atoms with van der Waals surface area (Å²) in [6.07, 6.45) is 5.75. The lowest BCUT2D eigenvalue weighted by Crippen LogP contribution is -2.54. The summed E-state index contributed by atoms with van der Waals surface area (Å²) < 4.78 is 19.6. The van der Waals surface area contributed by atoms with Gasteiger partial charge in [-0.1, -0.05) is 0 Å². The smallest absolute Gasteiger partial charge is 0.338 e. The predicted molar refractivity (Wildman–Crippen MR) is 83.9 cm³/mol. The van der Waals surface area contributed by atoms with Crippen molar-refractivity contribution in [1.29, 1.82) is 5.26 Å². The van der Waals surface area contributed by atoms with Crippen LogP contribution in [0.3, 0.4) is 0 Å². The number of nitriles is 1. The molecule has 4 aliphatic rings. The van der Waals surface area contributed by atoms with Crippen molar-refractivity contribution in [2.75, 3.05) is 6.61 Å². The van der Waals surface area contributed by atoms with Crippen LogP contribution in [-0.2, 0) is 0 Å². The van der Waals surface area contributed by atoms with Gasteiger partial charge < -0.3 is 9.84 Å². The Balaban J connectivity index is 1.53. The van der Waals surface area contributed by atoms with Gasteiger partial charge in [0.25, 0.3) is 0 Å². The molecule has 4 fully saturated rings. The van der Waals surface area contributed by atoms with Gasteiger partial charge in [-0.3, -0.25) is 0 Å². The number of carbonyl (C=O) groups is 1. The van der Waals surface area contributed by atoms with E-state index in [-0.39, 0.29) is 12.2 Å². The molecule has 5 rings (SSSR count). The average molecular weight is 329 g/mol. The highest BCUT2D eigenvalue weighted by atomic mass is 19.1. The molecule has 0 unspecified atom stereocenters. The highest BCUT2D eigenvalue weighted by Gasteiger charge is 2.58. The zero-order valence-corrected chi connectivity index (χ0v) is 13.4. The Bertz CT molecular complexity index is 696. The minimum atomic E-state index is -1.30. The fraction of sp³-hybridized carbons (Fsp3) is 0.579.